The van der Waals surface area contributed by atoms with E-state index >= 15 is 0 Å². The van der Waals surface area contributed by atoms with Crippen molar-refractivity contribution in [2.45, 2.75) is 13.1 Å². The molecular weight excluding hydrogens is 413 g/mol. The summed E-state index contributed by atoms with van der Waals surface area (Å²) in [6.45, 7) is 1.50. The third-order valence-electron chi connectivity index (χ3n) is 2.97. The Morgan fingerprint density at radius 3 is 2.14 bits per heavy atom. The second-order valence-electron chi connectivity index (χ2n) is 4.48. The van der Waals surface area contributed by atoms with Crippen molar-refractivity contribution in [1.82, 2.24) is 0 Å². The average Bonchev–Trinajstić information content (AvgIpc) is 2.36. The van der Waals surface area contributed by atoms with Gasteiger partial charge in [-0.05, 0) is 58.7 Å². The molecule has 0 unspecified atom stereocenters. The van der Waals surface area contributed by atoms with E-state index in [4.69, 9.17) is 0 Å². The Hall–Kier alpha value is -1.14. The molecule has 2 aromatic carbocycles. The van der Waals surface area contributed by atoms with Crippen LogP contribution in [0.15, 0.2) is 45.3 Å². The van der Waals surface area contributed by atoms with E-state index in [0.717, 1.165) is 16.6 Å². The normalized spacial score (nSPS) is 11.5. The predicted molar refractivity (Wildman–Crippen MR) is 81.5 cm³/mol. The molecule has 2 aromatic rings. The molecule has 0 aliphatic carbocycles. The van der Waals surface area contributed by atoms with E-state index in [1.165, 1.54) is 13.0 Å². The van der Waals surface area contributed by atoms with Gasteiger partial charge in [-0.2, -0.15) is 13.2 Å². The van der Waals surface area contributed by atoms with Crippen molar-refractivity contribution in [3.05, 3.63) is 67.6 Å². The van der Waals surface area contributed by atoms with Crippen molar-refractivity contribution < 1.29 is 18.0 Å². The highest BCUT2D eigenvalue weighted by Gasteiger charge is 2.31. The van der Waals surface area contributed by atoms with Crippen molar-refractivity contribution in [3.8, 4) is 0 Å². The third kappa shape index (κ3) is 3.55. The Balaban J connectivity index is 2.45. The van der Waals surface area contributed by atoms with Gasteiger partial charge in [-0.1, -0.05) is 22.0 Å². The third-order valence-corrected chi connectivity index (χ3v) is 4.12. The number of alkyl halides is 3. The number of carbonyl (C=O) groups is 1. The van der Waals surface area contributed by atoms with Gasteiger partial charge in [0.05, 0.1) is 5.56 Å². The molecule has 6 heteroatoms. The summed E-state index contributed by atoms with van der Waals surface area (Å²) >= 11 is 6.57. The van der Waals surface area contributed by atoms with Crippen LogP contribution in [0.4, 0.5) is 13.2 Å². The highest BCUT2D eigenvalue weighted by atomic mass is 79.9. The van der Waals surface area contributed by atoms with Gasteiger partial charge in [-0.25, -0.2) is 0 Å². The molecule has 0 saturated heterocycles. The fourth-order valence-corrected chi connectivity index (χ4v) is 3.14. The number of aryl methyl sites for hydroxylation is 1. The lowest BCUT2D eigenvalue weighted by molar-refractivity contribution is -0.137. The lowest BCUT2D eigenvalue weighted by Crippen LogP contribution is -2.09. The molecule has 2 rings (SSSR count). The number of halogens is 5. The Morgan fingerprint density at radius 1 is 1.00 bits per heavy atom. The maximum absolute atomic E-state index is 12.6. The number of hydrogen-bond acceptors (Lipinski definition) is 1. The molecule has 0 aromatic heterocycles. The topological polar surface area (TPSA) is 17.1 Å². The quantitative estimate of drug-likeness (QED) is 0.562. The molecule has 0 radical (unpaired) electrons. The zero-order valence-corrected chi connectivity index (χ0v) is 13.9. The van der Waals surface area contributed by atoms with Gasteiger partial charge >= 0.3 is 6.18 Å². The Kier molecular flexibility index (Phi) is 4.58. The molecule has 0 aliphatic rings. The molecule has 110 valence electrons. The van der Waals surface area contributed by atoms with Crippen molar-refractivity contribution in [2.75, 3.05) is 0 Å². The van der Waals surface area contributed by atoms with Crippen LogP contribution in [0, 0.1) is 6.92 Å². The summed E-state index contributed by atoms with van der Waals surface area (Å²) in [6.07, 6.45) is -4.41. The van der Waals surface area contributed by atoms with Crippen LogP contribution in [0.25, 0.3) is 0 Å². The zero-order valence-electron chi connectivity index (χ0n) is 10.8. The van der Waals surface area contributed by atoms with Gasteiger partial charge in [-0.15, -0.1) is 0 Å². The maximum atomic E-state index is 12.6. The van der Waals surface area contributed by atoms with Gasteiger partial charge in [-0.3, -0.25) is 4.79 Å². The molecular formula is C15H9Br2F3O. The fraction of sp³-hybridized carbons (Fsp3) is 0.133. The molecule has 0 heterocycles. The first-order valence-electron chi connectivity index (χ1n) is 5.88. The first kappa shape index (κ1) is 16.2. The summed E-state index contributed by atoms with van der Waals surface area (Å²) in [5, 5.41) is 0. The van der Waals surface area contributed by atoms with E-state index in [9.17, 15) is 18.0 Å². The zero-order chi connectivity index (χ0) is 15.8. The van der Waals surface area contributed by atoms with Crippen LogP contribution in [0.1, 0.15) is 27.0 Å². The van der Waals surface area contributed by atoms with Crippen molar-refractivity contribution in [2.24, 2.45) is 0 Å². The molecule has 1 nitrogen and oxygen atoms in total. The van der Waals surface area contributed by atoms with Crippen molar-refractivity contribution in [1.29, 1.82) is 0 Å². The number of rotatable bonds is 2. The van der Waals surface area contributed by atoms with Crippen LogP contribution in [-0.4, -0.2) is 5.78 Å². The smallest absolute Gasteiger partial charge is 0.289 e. The van der Waals surface area contributed by atoms with E-state index in [1.54, 1.807) is 18.2 Å². The van der Waals surface area contributed by atoms with Gasteiger partial charge in [0, 0.05) is 20.1 Å². The van der Waals surface area contributed by atoms with E-state index in [0.29, 0.717) is 15.6 Å². The summed E-state index contributed by atoms with van der Waals surface area (Å²) in [5.74, 6) is -0.319. The van der Waals surface area contributed by atoms with Crippen LogP contribution >= 0.6 is 31.9 Å². The number of ketones is 1. The molecule has 0 bridgehead atoms. The molecule has 0 spiro atoms. The maximum Gasteiger partial charge on any atom is 0.416 e. The van der Waals surface area contributed by atoms with Crippen molar-refractivity contribution in [3.63, 3.8) is 0 Å². The van der Waals surface area contributed by atoms with E-state index in [1.807, 2.05) is 0 Å². The summed E-state index contributed by atoms with van der Waals surface area (Å²) in [7, 11) is 0. The van der Waals surface area contributed by atoms with Crippen LogP contribution in [0.5, 0.6) is 0 Å². The summed E-state index contributed by atoms with van der Waals surface area (Å²) in [6, 6.07) is 8.17. The highest BCUT2D eigenvalue weighted by Crippen LogP contribution is 2.31. The summed E-state index contributed by atoms with van der Waals surface area (Å²) in [4.78, 5) is 12.4. The van der Waals surface area contributed by atoms with E-state index in [-0.39, 0.29) is 11.3 Å². The predicted octanol–water partition coefficient (Wildman–Crippen LogP) is 5.77. The van der Waals surface area contributed by atoms with Crippen LogP contribution in [0.3, 0.4) is 0 Å². The number of hydrogen-bond donors (Lipinski definition) is 0. The van der Waals surface area contributed by atoms with Crippen LogP contribution in [-0.2, 0) is 6.18 Å². The molecule has 0 amide bonds. The number of benzene rings is 2. The Labute approximate surface area is 136 Å². The molecule has 0 aliphatic heterocycles. The lowest BCUT2D eigenvalue weighted by atomic mass is 9.97. The molecule has 0 saturated carbocycles. The van der Waals surface area contributed by atoms with Crippen LogP contribution in [0.2, 0.25) is 0 Å². The summed E-state index contributed by atoms with van der Waals surface area (Å²) < 4.78 is 39.3. The lowest BCUT2D eigenvalue weighted by Gasteiger charge is -2.11. The van der Waals surface area contributed by atoms with E-state index < -0.39 is 11.7 Å². The molecule has 0 atom stereocenters. The second-order valence-corrected chi connectivity index (χ2v) is 6.25. The minimum atomic E-state index is -4.41. The van der Waals surface area contributed by atoms with Gasteiger partial charge in [0.1, 0.15) is 0 Å². The first-order valence-corrected chi connectivity index (χ1v) is 7.46. The first-order chi connectivity index (χ1) is 9.70. The molecule has 0 fully saturated rings. The number of carbonyl (C=O) groups excluding carboxylic acids is 1. The monoisotopic (exact) mass is 420 g/mol. The van der Waals surface area contributed by atoms with Gasteiger partial charge < -0.3 is 0 Å². The average molecular weight is 422 g/mol. The minimum absolute atomic E-state index is 0.256. The van der Waals surface area contributed by atoms with Gasteiger partial charge in [0.2, 0.25) is 0 Å². The minimum Gasteiger partial charge on any atom is -0.289 e. The van der Waals surface area contributed by atoms with Gasteiger partial charge in [0.25, 0.3) is 0 Å². The molecule has 0 N–H and O–H groups in total. The fourth-order valence-electron chi connectivity index (χ4n) is 1.91. The van der Waals surface area contributed by atoms with Crippen LogP contribution < -0.4 is 0 Å². The van der Waals surface area contributed by atoms with E-state index in [2.05, 4.69) is 31.9 Å². The van der Waals surface area contributed by atoms with Crippen molar-refractivity contribution >= 4 is 37.6 Å². The second kappa shape index (κ2) is 5.93. The van der Waals surface area contributed by atoms with Gasteiger partial charge in [0.15, 0.2) is 5.78 Å². The standard InChI is InChI=1S/C15H9Br2F3O/c1-8-6-9(15(18,19)20)2-4-11(8)14(21)12-5-3-10(16)7-13(12)17/h2-7H,1H3. The Morgan fingerprint density at radius 2 is 1.62 bits per heavy atom. The Bertz CT molecular complexity index is 709. The molecule has 21 heavy (non-hydrogen) atoms. The SMILES string of the molecule is Cc1cc(C(F)(F)F)ccc1C(=O)c1ccc(Br)cc1Br. The highest BCUT2D eigenvalue weighted by molar-refractivity contribution is 9.11. The summed E-state index contributed by atoms with van der Waals surface area (Å²) in [5.41, 5.74) is 0.197. The largest absolute Gasteiger partial charge is 0.416 e.